The van der Waals surface area contributed by atoms with Gasteiger partial charge in [0.25, 0.3) is 5.91 Å². The molecule has 0 atom stereocenters. The summed E-state index contributed by atoms with van der Waals surface area (Å²) >= 11 is 2.72. The predicted molar refractivity (Wildman–Crippen MR) is 100 cm³/mol. The third-order valence-corrected chi connectivity index (χ3v) is 5.12. The third-order valence-electron chi connectivity index (χ3n) is 3.47. The van der Waals surface area contributed by atoms with E-state index in [0.29, 0.717) is 4.91 Å². The van der Waals surface area contributed by atoms with Crippen LogP contribution in [0.4, 0.5) is 18.9 Å². The van der Waals surface area contributed by atoms with E-state index in [-0.39, 0.29) is 16.8 Å². The largest absolute Gasteiger partial charge is 0.416 e. The highest BCUT2D eigenvalue weighted by Gasteiger charge is 2.30. The fraction of sp³-hybridized carbons (Fsp3) is 0.111. The van der Waals surface area contributed by atoms with Gasteiger partial charge in [0.15, 0.2) is 5.17 Å². The molecular weight excluding hydrogens is 381 g/mol. The summed E-state index contributed by atoms with van der Waals surface area (Å²) in [7, 11) is 0. The summed E-state index contributed by atoms with van der Waals surface area (Å²) in [5.74, 6) is -0.324. The normalized spacial score (nSPS) is 17.8. The van der Waals surface area contributed by atoms with Crippen LogP contribution in [-0.2, 0) is 11.0 Å². The molecule has 1 heterocycles. The number of nitrogens with zero attached hydrogens (tertiary/aromatic N) is 1. The number of halogens is 3. The quantitative estimate of drug-likeness (QED) is 0.566. The van der Waals surface area contributed by atoms with Gasteiger partial charge in [-0.05, 0) is 60.0 Å². The number of amidine groups is 1. The lowest BCUT2D eigenvalue weighted by Crippen LogP contribution is -2.19. The van der Waals surface area contributed by atoms with Gasteiger partial charge in [-0.2, -0.15) is 13.2 Å². The first-order valence-electron chi connectivity index (χ1n) is 7.46. The highest BCUT2D eigenvalue weighted by atomic mass is 32.2. The molecule has 3 rings (SSSR count). The molecule has 1 saturated heterocycles. The van der Waals surface area contributed by atoms with Crippen LogP contribution in [0.3, 0.4) is 0 Å². The van der Waals surface area contributed by atoms with E-state index in [9.17, 15) is 18.0 Å². The maximum atomic E-state index is 12.8. The molecule has 0 aliphatic carbocycles. The molecule has 134 valence electrons. The number of rotatable bonds is 3. The van der Waals surface area contributed by atoms with Crippen LogP contribution >= 0.6 is 23.5 Å². The highest BCUT2D eigenvalue weighted by Crippen LogP contribution is 2.33. The van der Waals surface area contributed by atoms with Gasteiger partial charge >= 0.3 is 6.18 Å². The summed E-state index contributed by atoms with van der Waals surface area (Å²) in [5.41, 5.74) is 0.215. The minimum absolute atomic E-state index is 0.133. The van der Waals surface area contributed by atoms with E-state index in [0.717, 1.165) is 34.4 Å². The van der Waals surface area contributed by atoms with Gasteiger partial charge in [0.2, 0.25) is 0 Å². The number of amides is 1. The van der Waals surface area contributed by atoms with Crippen molar-refractivity contribution in [3.63, 3.8) is 0 Å². The minimum atomic E-state index is -4.43. The summed E-state index contributed by atoms with van der Waals surface area (Å²) in [6.45, 7) is 0. The van der Waals surface area contributed by atoms with E-state index >= 15 is 0 Å². The van der Waals surface area contributed by atoms with E-state index in [1.54, 1.807) is 17.8 Å². The number of aliphatic imine (C=N–C) groups is 1. The fourth-order valence-electron chi connectivity index (χ4n) is 2.20. The van der Waals surface area contributed by atoms with Gasteiger partial charge in [0.1, 0.15) is 0 Å². The van der Waals surface area contributed by atoms with Crippen LogP contribution in [0.1, 0.15) is 11.1 Å². The number of benzene rings is 2. The molecule has 1 aliphatic heterocycles. The highest BCUT2D eigenvalue weighted by molar-refractivity contribution is 8.18. The molecule has 0 unspecified atom stereocenters. The van der Waals surface area contributed by atoms with Crippen LogP contribution in [0, 0.1) is 0 Å². The van der Waals surface area contributed by atoms with Crippen molar-refractivity contribution in [2.24, 2.45) is 4.99 Å². The van der Waals surface area contributed by atoms with Crippen LogP contribution in [-0.4, -0.2) is 17.3 Å². The Morgan fingerprint density at radius 3 is 2.54 bits per heavy atom. The first-order valence-corrected chi connectivity index (χ1v) is 9.50. The molecule has 1 amide bonds. The topological polar surface area (TPSA) is 41.5 Å². The Balaban J connectivity index is 1.80. The first-order chi connectivity index (χ1) is 12.3. The molecule has 1 fully saturated rings. The summed E-state index contributed by atoms with van der Waals surface area (Å²) in [5, 5.41) is 2.83. The molecule has 1 N–H and O–H groups in total. The number of nitrogens with one attached hydrogen (secondary N) is 1. The standard InChI is InChI=1S/C18H13F3N2OS2/c1-25-14-7-5-11(6-8-14)9-15-16(24)23-17(26-15)22-13-4-2-3-12(10-13)18(19,20)21/h2-10H,1H3,(H,22,23,24)/b15-9-. The molecule has 2 aromatic carbocycles. The van der Waals surface area contributed by atoms with Crippen molar-refractivity contribution < 1.29 is 18.0 Å². The van der Waals surface area contributed by atoms with E-state index in [1.807, 2.05) is 30.5 Å². The van der Waals surface area contributed by atoms with Crippen LogP contribution < -0.4 is 5.32 Å². The molecule has 1 aliphatic rings. The number of hydrogen-bond donors (Lipinski definition) is 1. The van der Waals surface area contributed by atoms with Crippen molar-refractivity contribution in [1.29, 1.82) is 0 Å². The van der Waals surface area contributed by atoms with Crippen molar-refractivity contribution in [2.75, 3.05) is 6.26 Å². The second-order valence-electron chi connectivity index (χ2n) is 5.30. The van der Waals surface area contributed by atoms with Gasteiger partial charge < -0.3 is 5.32 Å². The Morgan fingerprint density at radius 2 is 1.88 bits per heavy atom. The molecule has 0 bridgehead atoms. The molecule has 3 nitrogen and oxygen atoms in total. The molecule has 0 spiro atoms. The molecule has 0 aromatic heterocycles. The van der Waals surface area contributed by atoms with Crippen molar-refractivity contribution >= 4 is 46.4 Å². The first kappa shape index (κ1) is 18.6. The number of hydrogen-bond acceptors (Lipinski definition) is 4. The van der Waals surface area contributed by atoms with Gasteiger partial charge in [-0.1, -0.05) is 18.2 Å². The maximum Gasteiger partial charge on any atom is 0.416 e. The van der Waals surface area contributed by atoms with Crippen LogP contribution in [0.2, 0.25) is 0 Å². The zero-order valence-electron chi connectivity index (χ0n) is 13.5. The molecular formula is C18H13F3N2OS2. The van der Waals surface area contributed by atoms with E-state index < -0.39 is 11.7 Å². The minimum Gasteiger partial charge on any atom is -0.300 e. The summed E-state index contributed by atoms with van der Waals surface area (Å²) in [4.78, 5) is 17.7. The monoisotopic (exact) mass is 394 g/mol. The fourth-order valence-corrected chi connectivity index (χ4v) is 3.45. The zero-order chi connectivity index (χ0) is 18.7. The second kappa shape index (κ2) is 7.59. The Morgan fingerprint density at radius 1 is 1.15 bits per heavy atom. The smallest absolute Gasteiger partial charge is 0.300 e. The lowest BCUT2D eigenvalue weighted by atomic mass is 10.2. The molecule has 2 aromatic rings. The molecule has 0 saturated carbocycles. The maximum absolute atomic E-state index is 12.8. The van der Waals surface area contributed by atoms with Gasteiger partial charge in [-0.25, -0.2) is 4.99 Å². The van der Waals surface area contributed by atoms with Crippen molar-refractivity contribution in [1.82, 2.24) is 5.32 Å². The Bertz CT molecular complexity index is 890. The summed E-state index contributed by atoms with van der Waals surface area (Å²) < 4.78 is 38.3. The Kier molecular flexibility index (Phi) is 5.43. The Hall–Kier alpha value is -2.19. The van der Waals surface area contributed by atoms with Gasteiger partial charge in [0.05, 0.1) is 16.2 Å². The lowest BCUT2D eigenvalue weighted by molar-refractivity contribution is -0.137. The van der Waals surface area contributed by atoms with Crippen molar-refractivity contribution in [2.45, 2.75) is 11.1 Å². The Labute approximate surface area is 156 Å². The number of alkyl halides is 3. The predicted octanol–water partition coefficient (Wildman–Crippen LogP) is 5.32. The average Bonchev–Trinajstić information content (AvgIpc) is 2.94. The number of thioether (sulfide) groups is 2. The number of carbonyl (C=O) groups excluding carboxylic acids is 1. The van der Waals surface area contributed by atoms with E-state index in [4.69, 9.17) is 0 Å². The lowest BCUT2D eigenvalue weighted by Gasteiger charge is -2.06. The van der Waals surface area contributed by atoms with Gasteiger partial charge in [-0.15, -0.1) is 11.8 Å². The zero-order valence-corrected chi connectivity index (χ0v) is 15.1. The van der Waals surface area contributed by atoms with Crippen LogP contribution in [0.5, 0.6) is 0 Å². The molecule has 8 heteroatoms. The van der Waals surface area contributed by atoms with E-state index in [2.05, 4.69) is 10.3 Å². The van der Waals surface area contributed by atoms with Crippen LogP contribution in [0.15, 0.2) is 63.3 Å². The number of carbonyl (C=O) groups is 1. The second-order valence-corrected chi connectivity index (χ2v) is 7.21. The third kappa shape index (κ3) is 4.50. The van der Waals surface area contributed by atoms with Gasteiger partial charge in [0, 0.05) is 4.90 Å². The SMILES string of the molecule is CSc1ccc(/C=C2\SC(=Nc3cccc(C(F)(F)F)c3)NC2=O)cc1. The summed E-state index contributed by atoms with van der Waals surface area (Å²) in [6.07, 6.45) is -0.737. The van der Waals surface area contributed by atoms with Crippen molar-refractivity contribution in [3.8, 4) is 0 Å². The van der Waals surface area contributed by atoms with Crippen LogP contribution in [0.25, 0.3) is 6.08 Å². The summed E-state index contributed by atoms with van der Waals surface area (Å²) in [6, 6.07) is 12.4. The van der Waals surface area contributed by atoms with Gasteiger partial charge in [-0.3, -0.25) is 4.79 Å². The average molecular weight is 394 g/mol. The molecule has 26 heavy (non-hydrogen) atoms. The van der Waals surface area contributed by atoms with E-state index in [1.165, 1.54) is 12.1 Å². The molecule has 0 radical (unpaired) electrons. The van der Waals surface area contributed by atoms with Crippen molar-refractivity contribution in [3.05, 3.63) is 64.6 Å².